The van der Waals surface area contributed by atoms with Crippen LogP contribution >= 0.6 is 0 Å². The Bertz CT molecular complexity index is 347. The number of nitrogens with one attached hydrogen (secondary N) is 1. The lowest BCUT2D eigenvalue weighted by atomic mass is 9.93. The average molecular weight is 296 g/mol. The molecule has 2 aliphatic rings. The lowest BCUT2D eigenvalue weighted by Crippen LogP contribution is -2.54. The smallest absolute Gasteiger partial charge is 0.326 e. The Morgan fingerprint density at radius 3 is 2.38 bits per heavy atom. The second-order valence-electron chi connectivity index (χ2n) is 7.09. The van der Waals surface area contributed by atoms with Crippen molar-refractivity contribution in [1.82, 2.24) is 10.2 Å². The van der Waals surface area contributed by atoms with E-state index >= 15 is 0 Å². The number of hydrogen-bond donors (Lipinski definition) is 1. The molecule has 0 aromatic carbocycles. The van der Waals surface area contributed by atoms with Crippen LogP contribution in [0.4, 0.5) is 0 Å². The first-order valence-electron chi connectivity index (χ1n) is 8.67. The zero-order chi connectivity index (χ0) is 15.5. The van der Waals surface area contributed by atoms with E-state index in [1.165, 1.54) is 32.1 Å². The van der Waals surface area contributed by atoms with Gasteiger partial charge < -0.3 is 4.74 Å². The number of likely N-dealkylation sites (tertiary alicyclic amines) is 1. The predicted molar refractivity (Wildman–Crippen MR) is 85.3 cm³/mol. The lowest BCUT2D eigenvalue weighted by Gasteiger charge is -2.41. The molecule has 4 heteroatoms. The van der Waals surface area contributed by atoms with Crippen molar-refractivity contribution in [3.63, 3.8) is 0 Å². The van der Waals surface area contributed by atoms with Gasteiger partial charge in [-0.2, -0.15) is 0 Å². The SMILES string of the molecule is CCOC(=O)C(C)(CCN1[C@H](C)CCC[C@@H]1C)NC1CC1. The molecule has 1 saturated heterocycles. The van der Waals surface area contributed by atoms with E-state index in [1.54, 1.807) is 0 Å². The predicted octanol–water partition coefficient (Wildman–Crippen LogP) is 2.71. The maximum absolute atomic E-state index is 12.4. The summed E-state index contributed by atoms with van der Waals surface area (Å²) >= 11 is 0. The third-order valence-corrected chi connectivity index (χ3v) is 5.07. The van der Waals surface area contributed by atoms with Gasteiger partial charge in [0.1, 0.15) is 5.54 Å². The fourth-order valence-corrected chi connectivity index (χ4v) is 3.47. The van der Waals surface area contributed by atoms with Gasteiger partial charge in [-0.05, 0) is 59.8 Å². The van der Waals surface area contributed by atoms with Crippen LogP contribution in [-0.2, 0) is 9.53 Å². The maximum Gasteiger partial charge on any atom is 0.326 e. The molecule has 3 atom stereocenters. The first kappa shape index (κ1) is 16.8. The van der Waals surface area contributed by atoms with Gasteiger partial charge in [0, 0.05) is 24.7 Å². The van der Waals surface area contributed by atoms with Crippen molar-refractivity contribution in [2.24, 2.45) is 0 Å². The zero-order valence-corrected chi connectivity index (χ0v) is 14.2. The number of piperidine rings is 1. The minimum absolute atomic E-state index is 0.0887. The quantitative estimate of drug-likeness (QED) is 0.734. The number of esters is 1. The van der Waals surface area contributed by atoms with Crippen molar-refractivity contribution in [2.45, 2.75) is 89.9 Å². The summed E-state index contributed by atoms with van der Waals surface area (Å²) in [5.41, 5.74) is -0.534. The van der Waals surface area contributed by atoms with Crippen LogP contribution in [0, 0.1) is 0 Å². The molecule has 122 valence electrons. The molecule has 1 aliphatic heterocycles. The Balaban J connectivity index is 1.95. The average Bonchev–Trinajstić information content (AvgIpc) is 3.22. The molecule has 0 aromatic heterocycles. The van der Waals surface area contributed by atoms with Gasteiger partial charge in [-0.15, -0.1) is 0 Å². The summed E-state index contributed by atoms with van der Waals surface area (Å²) in [4.78, 5) is 14.9. The Labute approximate surface area is 129 Å². The Morgan fingerprint density at radius 1 is 1.24 bits per heavy atom. The highest BCUT2D eigenvalue weighted by Gasteiger charge is 2.40. The van der Waals surface area contributed by atoms with Crippen LogP contribution in [0.2, 0.25) is 0 Å². The normalized spacial score (nSPS) is 29.9. The van der Waals surface area contributed by atoms with Crippen LogP contribution in [0.15, 0.2) is 0 Å². The first-order chi connectivity index (χ1) is 9.96. The topological polar surface area (TPSA) is 41.6 Å². The van der Waals surface area contributed by atoms with Crippen LogP contribution in [0.3, 0.4) is 0 Å². The molecule has 0 aromatic rings. The molecular formula is C17H32N2O2. The summed E-state index contributed by atoms with van der Waals surface area (Å²) in [6.45, 7) is 9.94. The molecular weight excluding hydrogens is 264 g/mol. The Kier molecular flexibility index (Phi) is 5.67. The molecule has 1 saturated carbocycles. The molecule has 1 aliphatic carbocycles. The molecule has 1 heterocycles. The van der Waals surface area contributed by atoms with Crippen molar-refractivity contribution < 1.29 is 9.53 Å². The second-order valence-corrected chi connectivity index (χ2v) is 7.09. The fourth-order valence-electron chi connectivity index (χ4n) is 3.47. The van der Waals surface area contributed by atoms with Crippen LogP contribution in [0.1, 0.15) is 66.2 Å². The van der Waals surface area contributed by atoms with Crippen LogP contribution < -0.4 is 5.32 Å². The molecule has 1 N–H and O–H groups in total. The molecule has 2 fully saturated rings. The van der Waals surface area contributed by atoms with Gasteiger partial charge in [0.2, 0.25) is 0 Å². The van der Waals surface area contributed by atoms with Gasteiger partial charge in [-0.25, -0.2) is 0 Å². The number of nitrogens with zero attached hydrogens (tertiary/aromatic N) is 1. The summed E-state index contributed by atoms with van der Waals surface area (Å²) in [6, 6.07) is 1.76. The van der Waals surface area contributed by atoms with E-state index in [1.807, 2.05) is 13.8 Å². The van der Waals surface area contributed by atoms with E-state index in [0.717, 1.165) is 13.0 Å². The number of rotatable bonds is 7. The van der Waals surface area contributed by atoms with Gasteiger partial charge in [0.05, 0.1) is 6.61 Å². The summed E-state index contributed by atoms with van der Waals surface area (Å²) in [7, 11) is 0. The van der Waals surface area contributed by atoms with E-state index in [-0.39, 0.29) is 5.97 Å². The molecule has 0 radical (unpaired) electrons. The van der Waals surface area contributed by atoms with Crippen molar-refractivity contribution in [1.29, 1.82) is 0 Å². The van der Waals surface area contributed by atoms with Crippen LogP contribution in [-0.4, -0.2) is 47.7 Å². The van der Waals surface area contributed by atoms with Crippen molar-refractivity contribution in [2.75, 3.05) is 13.2 Å². The molecule has 0 bridgehead atoms. The van der Waals surface area contributed by atoms with Crippen molar-refractivity contribution in [3.8, 4) is 0 Å². The number of hydrogen-bond acceptors (Lipinski definition) is 4. The fraction of sp³-hybridized carbons (Fsp3) is 0.941. The minimum Gasteiger partial charge on any atom is -0.465 e. The zero-order valence-electron chi connectivity index (χ0n) is 14.2. The summed E-state index contributed by atoms with van der Waals surface area (Å²) in [5.74, 6) is -0.0887. The number of carbonyl (C=O) groups is 1. The summed E-state index contributed by atoms with van der Waals surface area (Å²) < 4.78 is 5.31. The monoisotopic (exact) mass is 296 g/mol. The molecule has 1 unspecified atom stereocenters. The summed E-state index contributed by atoms with van der Waals surface area (Å²) in [6.07, 6.45) is 7.08. The Morgan fingerprint density at radius 2 is 1.86 bits per heavy atom. The van der Waals surface area contributed by atoms with Gasteiger partial charge >= 0.3 is 5.97 Å². The van der Waals surface area contributed by atoms with Crippen molar-refractivity contribution >= 4 is 5.97 Å². The Hall–Kier alpha value is -0.610. The largest absolute Gasteiger partial charge is 0.465 e. The van der Waals surface area contributed by atoms with Gasteiger partial charge in [-0.3, -0.25) is 15.0 Å². The molecule has 21 heavy (non-hydrogen) atoms. The maximum atomic E-state index is 12.4. The van der Waals surface area contributed by atoms with E-state index in [4.69, 9.17) is 4.74 Å². The van der Waals surface area contributed by atoms with E-state index in [9.17, 15) is 4.79 Å². The number of carbonyl (C=O) groups excluding carboxylic acids is 1. The molecule has 2 rings (SSSR count). The second kappa shape index (κ2) is 7.10. The van der Waals surface area contributed by atoms with Gasteiger partial charge in [0.25, 0.3) is 0 Å². The molecule has 0 spiro atoms. The summed E-state index contributed by atoms with van der Waals surface area (Å²) in [5, 5.41) is 3.52. The van der Waals surface area contributed by atoms with E-state index in [0.29, 0.717) is 24.7 Å². The third-order valence-electron chi connectivity index (χ3n) is 5.07. The van der Waals surface area contributed by atoms with Crippen LogP contribution in [0.25, 0.3) is 0 Å². The van der Waals surface area contributed by atoms with Gasteiger partial charge in [-0.1, -0.05) is 6.42 Å². The highest BCUT2D eigenvalue weighted by Crippen LogP contribution is 2.27. The van der Waals surface area contributed by atoms with Crippen LogP contribution in [0.5, 0.6) is 0 Å². The minimum atomic E-state index is -0.534. The van der Waals surface area contributed by atoms with Crippen molar-refractivity contribution in [3.05, 3.63) is 0 Å². The first-order valence-corrected chi connectivity index (χ1v) is 8.67. The number of ether oxygens (including phenoxy) is 1. The highest BCUT2D eigenvalue weighted by molar-refractivity contribution is 5.80. The van der Waals surface area contributed by atoms with E-state index < -0.39 is 5.54 Å². The standard InChI is InChI=1S/C17H32N2O2/c1-5-21-16(20)17(4,18-15-9-10-15)11-12-19-13(2)7-6-8-14(19)3/h13-15,18H,5-12H2,1-4H3/t13-,14+,17?. The highest BCUT2D eigenvalue weighted by atomic mass is 16.5. The third kappa shape index (κ3) is 4.43. The molecule has 0 amide bonds. The van der Waals surface area contributed by atoms with E-state index in [2.05, 4.69) is 24.1 Å². The lowest BCUT2D eigenvalue weighted by molar-refractivity contribution is -0.151. The molecule has 4 nitrogen and oxygen atoms in total. The van der Waals surface area contributed by atoms with Gasteiger partial charge in [0.15, 0.2) is 0 Å².